The van der Waals surface area contributed by atoms with Gasteiger partial charge in [-0.25, -0.2) is 0 Å². The van der Waals surface area contributed by atoms with Crippen LogP contribution in [0.2, 0.25) is 0 Å². The molecule has 4 aliphatic rings. The number of ether oxygens (including phenoxy) is 1. The van der Waals surface area contributed by atoms with E-state index in [-0.39, 0.29) is 29.9 Å². The SMILES string of the molecule is COc1ccccc1CC(=O)C1NCC2(N(CC(=O)O)C(C)=O)C3CCC(c4ccccc4)(c4ccccc43)C12. The Hall–Kier alpha value is -3.97. The number of carboxylic acid groups (broad SMARTS) is 1. The Kier molecular flexibility index (Phi) is 6.50. The van der Waals surface area contributed by atoms with Crippen LogP contribution >= 0.6 is 0 Å². The number of rotatable bonds is 8. The number of amides is 1. The summed E-state index contributed by atoms with van der Waals surface area (Å²) in [5.41, 5.74) is 2.75. The molecule has 0 aromatic heterocycles. The molecule has 3 aromatic rings. The molecule has 0 spiro atoms. The molecule has 1 saturated heterocycles. The fraction of sp³-hybridized carbons (Fsp3) is 0.364. The standard InChI is InChI=1S/C33H34N2O5/c1-21(36)35(19-29(38)39)33-20-34-30(27(37)18-22-10-6-9-15-28(22)40-2)31(33)32(23-11-4-3-5-12-23)17-16-26(33)24-13-7-8-14-25(24)32/h3-15,26,30-31,34H,16-20H2,1-2H3,(H,38,39). The summed E-state index contributed by atoms with van der Waals surface area (Å²) in [6.45, 7) is 1.38. The molecule has 1 heterocycles. The average Bonchev–Trinajstić information content (AvgIpc) is 3.40. The average molecular weight is 539 g/mol. The Morgan fingerprint density at radius 2 is 1.70 bits per heavy atom. The van der Waals surface area contributed by atoms with Crippen LogP contribution in [0, 0.1) is 5.92 Å². The number of hydrogen-bond donors (Lipinski definition) is 2. The fourth-order valence-corrected chi connectivity index (χ4v) is 8.35. The van der Waals surface area contributed by atoms with Gasteiger partial charge in [0.2, 0.25) is 5.91 Å². The van der Waals surface area contributed by atoms with Gasteiger partial charge in [0.1, 0.15) is 12.3 Å². The van der Waals surface area contributed by atoms with Gasteiger partial charge in [0.15, 0.2) is 5.78 Å². The summed E-state index contributed by atoms with van der Waals surface area (Å²) >= 11 is 0. The molecule has 0 radical (unpaired) electrons. The van der Waals surface area contributed by atoms with Crippen LogP contribution in [0.3, 0.4) is 0 Å². The van der Waals surface area contributed by atoms with E-state index < -0.39 is 29.5 Å². The van der Waals surface area contributed by atoms with Gasteiger partial charge < -0.3 is 20.1 Å². The Labute approximate surface area is 234 Å². The quantitative estimate of drug-likeness (QED) is 0.451. The van der Waals surface area contributed by atoms with Crippen LogP contribution in [0.15, 0.2) is 78.9 Å². The summed E-state index contributed by atoms with van der Waals surface area (Å²) in [5.74, 6) is -1.14. The first-order valence-corrected chi connectivity index (χ1v) is 13.9. The Morgan fingerprint density at radius 3 is 2.42 bits per heavy atom. The highest BCUT2D eigenvalue weighted by Gasteiger charge is 2.71. The van der Waals surface area contributed by atoms with Gasteiger partial charge in [-0.1, -0.05) is 72.8 Å². The summed E-state index contributed by atoms with van der Waals surface area (Å²) in [6, 6.07) is 25.5. The number of carboxylic acids is 1. The van der Waals surface area contributed by atoms with Crippen molar-refractivity contribution in [2.24, 2.45) is 5.92 Å². The van der Waals surface area contributed by atoms with E-state index in [0.717, 1.165) is 29.5 Å². The highest BCUT2D eigenvalue weighted by molar-refractivity contribution is 5.89. The predicted octanol–water partition coefficient (Wildman–Crippen LogP) is 3.94. The Morgan fingerprint density at radius 1 is 1.00 bits per heavy atom. The smallest absolute Gasteiger partial charge is 0.323 e. The van der Waals surface area contributed by atoms with Crippen LogP contribution < -0.4 is 10.1 Å². The van der Waals surface area contributed by atoms with Crippen LogP contribution in [0.4, 0.5) is 0 Å². The van der Waals surface area contributed by atoms with Crippen molar-refractivity contribution in [3.63, 3.8) is 0 Å². The number of ketones is 1. The zero-order chi connectivity index (χ0) is 28.1. The highest BCUT2D eigenvalue weighted by atomic mass is 16.5. The van der Waals surface area contributed by atoms with E-state index in [0.29, 0.717) is 12.3 Å². The summed E-state index contributed by atoms with van der Waals surface area (Å²) in [4.78, 5) is 41.4. The molecular weight excluding hydrogens is 504 g/mol. The number of carbonyl (C=O) groups is 3. The maximum Gasteiger partial charge on any atom is 0.323 e. The van der Waals surface area contributed by atoms with Crippen LogP contribution in [0.5, 0.6) is 5.75 Å². The first-order valence-electron chi connectivity index (χ1n) is 13.9. The Balaban J connectivity index is 1.58. The molecule has 5 unspecified atom stereocenters. The lowest BCUT2D eigenvalue weighted by Crippen LogP contribution is -2.71. The number of Topliss-reactive ketones (excluding diaryl/α,β-unsaturated/α-hetero) is 1. The second-order valence-electron chi connectivity index (χ2n) is 11.3. The fourth-order valence-electron chi connectivity index (χ4n) is 8.35. The highest BCUT2D eigenvalue weighted by Crippen LogP contribution is 2.67. The zero-order valence-electron chi connectivity index (χ0n) is 22.8. The first-order chi connectivity index (χ1) is 19.3. The van der Waals surface area contributed by atoms with Crippen molar-refractivity contribution < 1.29 is 24.2 Å². The molecule has 3 aromatic carbocycles. The van der Waals surface area contributed by atoms with Gasteiger partial charge in [-0.3, -0.25) is 14.4 Å². The van der Waals surface area contributed by atoms with Crippen LogP contribution in [-0.2, 0) is 26.2 Å². The van der Waals surface area contributed by atoms with E-state index >= 15 is 0 Å². The molecule has 206 valence electrons. The monoisotopic (exact) mass is 538 g/mol. The minimum atomic E-state index is -1.06. The van der Waals surface area contributed by atoms with E-state index in [1.807, 2.05) is 54.6 Å². The second-order valence-corrected chi connectivity index (χ2v) is 11.3. The van der Waals surface area contributed by atoms with Crippen molar-refractivity contribution in [2.75, 3.05) is 20.2 Å². The molecule has 3 aliphatic carbocycles. The lowest BCUT2D eigenvalue weighted by atomic mass is 9.43. The predicted molar refractivity (Wildman–Crippen MR) is 150 cm³/mol. The number of hydrogen-bond acceptors (Lipinski definition) is 5. The van der Waals surface area contributed by atoms with Crippen molar-refractivity contribution in [3.8, 4) is 5.75 Å². The van der Waals surface area contributed by atoms with Crippen molar-refractivity contribution in [3.05, 3.63) is 101 Å². The molecule has 1 amide bonds. The summed E-state index contributed by atoms with van der Waals surface area (Å²) in [5, 5.41) is 13.5. The van der Waals surface area contributed by atoms with E-state index in [1.54, 1.807) is 12.0 Å². The van der Waals surface area contributed by atoms with Crippen LogP contribution in [-0.4, -0.2) is 59.4 Å². The minimum Gasteiger partial charge on any atom is -0.496 e. The third-order valence-electron chi connectivity index (χ3n) is 9.62. The maximum absolute atomic E-state index is 14.3. The minimum absolute atomic E-state index is 0.00976. The van der Waals surface area contributed by atoms with Gasteiger partial charge >= 0.3 is 5.97 Å². The molecule has 40 heavy (non-hydrogen) atoms. The summed E-state index contributed by atoms with van der Waals surface area (Å²) in [7, 11) is 1.60. The maximum atomic E-state index is 14.3. The summed E-state index contributed by atoms with van der Waals surface area (Å²) < 4.78 is 5.54. The van der Waals surface area contributed by atoms with Crippen LogP contribution in [0.25, 0.3) is 0 Å². The van der Waals surface area contributed by atoms with Gasteiger partial charge in [-0.15, -0.1) is 0 Å². The number of para-hydroxylation sites is 1. The molecule has 7 rings (SSSR count). The van der Waals surface area contributed by atoms with Crippen molar-refractivity contribution >= 4 is 17.7 Å². The molecule has 5 atom stereocenters. The van der Waals surface area contributed by atoms with E-state index in [9.17, 15) is 19.5 Å². The molecule has 7 nitrogen and oxygen atoms in total. The third-order valence-corrected chi connectivity index (χ3v) is 9.62. The molecule has 2 bridgehead atoms. The number of fused-ring (bicyclic) bond motifs is 1. The molecule has 2 N–H and O–H groups in total. The number of methoxy groups -OCH3 is 1. The second kappa shape index (κ2) is 9.89. The topological polar surface area (TPSA) is 95.9 Å². The van der Waals surface area contributed by atoms with Crippen LogP contribution in [0.1, 0.15) is 47.9 Å². The molecule has 7 heteroatoms. The van der Waals surface area contributed by atoms with Gasteiger partial charge in [0, 0.05) is 42.7 Å². The number of benzene rings is 3. The van der Waals surface area contributed by atoms with Gasteiger partial charge in [-0.05, 0) is 35.6 Å². The number of carbonyl (C=O) groups excluding carboxylic acids is 2. The third kappa shape index (κ3) is 3.71. The van der Waals surface area contributed by atoms with Gasteiger partial charge in [0.25, 0.3) is 0 Å². The lowest BCUT2D eigenvalue weighted by molar-refractivity contribution is -0.154. The molecule has 1 aliphatic heterocycles. The van der Waals surface area contributed by atoms with Gasteiger partial charge in [0.05, 0.1) is 18.7 Å². The Bertz CT molecular complexity index is 1470. The summed E-state index contributed by atoms with van der Waals surface area (Å²) in [6.07, 6.45) is 1.77. The number of aliphatic carboxylic acids is 1. The zero-order valence-corrected chi connectivity index (χ0v) is 22.8. The normalized spacial score (nSPS) is 27.9. The molecular formula is C33H34N2O5. The molecule has 2 fully saturated rings. The largest absolute Gasteiger partial charge is 0.496 e. The lowest BCUT2D eigenvalue weighted by Gasteiger charge is -2.64. The van der Waals surface area contributed by atoms with Gasteiger partial charge in [-0.2, -0.15) is 0 Å². The molecule has 1 saturated carbocycles. The van der Waals surface area contributed by atoms with E-state index in [1.165, 1.54) is 12.5 Å². The number of nitrogens with one attached hydrogen (secondary N) is 1. The number of nitrogens with zero attached hydrogens (tertiary/aromatic N) is 1. The van der Waals surface area contributed by atoms with Crippen molar-refractivity contribution in [1.82, 2.24) is 10.2 Å². The van der Waals surface area contributed by atoms with Crippen molar-refractivity contribution in [1.29, 1.82) is 0 Å². The van der Waals surface area contributed by atoms with E-state index in [4.69, 9.17) is 4.74 Å². The van der Waals surface area contributed by atoms with Crippen molar-refractivity contribution in [2.45, 2.75) is 49.1 Å². The van der Waals surface area contributed by atoms with E-state index in [2.05, 4.69) is 29.6 Å². The first kappa shape index (κ1) is 26.3.